The van der Waals surface area contributed by atoms with E-state index in [1.807, 2.05) is 0 Å². The maximum Gasteiger partial charge on any atom is 0.334 e. The van der Waals surface area contributed by atoms with E-state index in [4.69, 9.17) is 10.5 Å². The largest absolute Gasteiger partial charge is 0.478 e. The van der Waals surface area contributed by atoms with Crippen LogP contribution in [0, 0.1) is 5.92 Å². The molecular weight excluding hydrogens is 260 g/mol. The molecule has 0 saturated heterocycles. The zero-order chi connectivity index (χ0) is 15.3. The first-order chi connectivity index (χ1) is 9.40. The third kappa shape index (κ3) is 4.05. The van der Waals surface area contributed by atoms with Crippen LogP contribution in [-0.2, 0) is 14.3 Å². The molecule has 1 rings (SSSR count). The highest BCUT2D eigenvalue weighted by molar-refractivity contribution is 5.89. The standard InChI is InChI=1S/C14H24N2O4/c1-4-9(5-2)7-20-13-10(14(18)19)6-11(15)12(13)16-8(3)17/h6,9,11-13H,4-5,7,15H2,1-3H3,(H,16,17)(H,18,19)/t11-,12+,13+/m0/s1. The fourth-order valence-corrected chi connectivity index (χ4v) is 2.36. The minimum atomic E-state index is -1.05. The second-order valence-corrected chi connectivity index (χ2v) is 5.17. The molecule has 20 heavy (non-hydrogen) atoms. The minimum absolute atomic E-state index is 0.127. The molecule has 6 nitrogen and oxygen atoms in total. The second kappa shape index (κ2) is 7.40. The number of rotatable bonds is 7. The summed E-state index contributed by atoms with van der Waals surface area (Å²) in [5.41, 5.74) is 6.01. The van der Waals surface area contributed by atoms with Crippen molar-refractivity contribution in [1.82, 2.24) is 5.32 Å². The van der Waals surface area contributed by atoms with E-state index in [0.29, 0.717) is 12.5 Å². The van der Waals surface area contributed by atoms with E-state index in [2.05, 4.69) is 19.2 Å². The monoisotopic (exact) mass is 284 g/mol. The Morgan fingerprint density at radius 2 is 2.05 bits per heavy atom. The highest BCUT2D eigenvalue weighted by atomic mass is 16.5. The lowest BCUT2D eigenvalue weighted by Gasteiger charge is -2.26. The zero-order valence-corrected chi connectivity index (χ0v) is 12.3. The fraction of sp³-hybridized carbons (Fsp3) is 0.714. The third-order valence-electron chi connectivity index (χ3n) is 3.70. The predicted molar refractivity (Wildman–Crippen MR) is 75.1 cm³/mol. The van der Waals surface area contributed by atoms with E-state index in [9.17, 15) is 14.7 Å². The van der Waals surface area contributed by atoms with Crippen LogP contribution in [0.3, 0.4) is 0 Å². The van der Waals surface area contributed by atoms with Crippen LogP contribution in [0.15, 0.2) is 11.6 Å². The Labute approximate surface area is 119 Å². The van der Waals surface area contributed by atoms with Gasteiger partial charge in [0, 0.05) is 13.0 Å². The molecule has 114 valence electrons. The maximum absolute atomic E-state index is 11.3. The maximum atomic E-state index is 11.3. The van der Waals surface area contributed by atoms with Gasteiger partial charge in [-0.2, -0.15) is 0 Å². The first-order valence-corrected chi connectivity index (χ1v) is 6.99. The molecule has 0 aromatic carbocycles. The van der Waals surface area contributed by atoms with Crippen LogP contribution >= 0.6 is 0 Å². The summed E-state index contributed by atoms with van der Waals surface area (Å²) in [4.78, 5) is 22.5. The first kappa shape index (κ1) is 16.7. The molecule has 0 aromatic heterocycles. The van der Waals surface area contributed by atoms with Crippen molar-refractivity contribution in [1.29, 1.82) is 0 Å². The van der Waals surface area contributed by atoms with Crippen molar-refractivity contribution in [3.05, 3.63) is 11.6 Å². The highest BCUT2D eigenvalue weighted by Crippen LogP contribution is 2.24. The normalized spacial score (nSPS) is 25.6. The van der Waals surface area contributed by atoms with Crippen LogP contribution in [-0.4, -0.2) is 41.8 Å². The van der Waals surface area contributed by atoms with Crippen molar-refractivity contribution >= 4 is 11.9 Å². The van der Waals surface area contributed by atoms with Gasteiger partial charge in [0.2, 0.25) is 5.91 Å². The average molecular weight is 284 g/mol. The van der Waals surface area contributed by atoms with Crippen LogP contribution in [0.1, 0.15) is 33.6 Å². The van der Waals surface area contributed by atoms with Gasteiger partial charge in [-0.3, -0.25) is 4.79 Å². The number of hydrogen-bond donors (Lipinski definition) is 3. The molecule has 0 saturated carbocycles. The summed E-state index contributed by atoms with van der Waals surface area (Å²) < 4.78 is 5.76. The molecular formula is C14H24N2O4. The summed E-state index contributed by atoms with van der Waals surface area (Å²) in [6, 6.07) is -1.07. The Morgan fingerprint density at radius 1 is 1.45 bits per heavy atom. The summed E-state index contributed by atoms with van der Waals surface area (Å²) in [6.07, 6.45) is 2.70. The molecule has 0 heterocycles. The number of aliphatic carboxylic acids is 1. The molecule has 3 atom stereocenters. The smallest absolute Gasteiger partial charge is 0.334 e. The Bertz CT molecular complexity index is 391. The van der Waals surface area contributed by atoms with Gasteiger partial charge in [0.05, 0.1) is 18.2 Å². The van der Waals surface area contributed by atoms with E-state index in [0.717, 1.165) is 12.8 Å². The van der Waals surface area contributed by atoms with Crippen molar-refractivity contribution in [2.75, 3.05) is 6.61 Å². The van der Waals surface area contributed by atoms with Gasteiger partial charge in [0.25, 0.3) is 0 Å². The van der Waals surface area contributed by atoms with Gasteiger partial charge in [-0.25, -0.2) is 4.79 Å². The third-order valence-corrected chi connectivity index (χ3v) is 3.70. The summed E-state index contributed by atoms with van der Waals surface area (Å²) in [5, 5.41) is 11.9. The number of carbonyl (C=O) groups excluding carboxylic acids is 1. The lowest BCUT2D eigenvalue weighted by molar-refractivity contribution is -0.135. The van der Waals surface area contributed by atoms with Gasteiger partial charge < -0.3 is 20.9 Å². The molecule has 0 bridgehead atoms. The minimum Gasteiger partial charge on any atom is -0.478 e. The fourth-order valence-electron chi connectivity index (χ4n) is 2.36. The Balaban J connectivity index is 2.80. The lowest BCUT2D eigenvalue weighted by atomic mass is 10.0. The van der Waals surface area contributed by atoms with Crippen molar-refractivity contribution in [2.45, 2.75) is 51.8 Å². The predicted octanol–water partition coefficient (Wildman–Crippen LogP) is 0.664. The van der Waals surface area contributed by atoms with Gasteiger partial charge in [0.1, 0.15) is 6.10 Å². The number of ether oxygens (including phenoxy) is 1. The van der Waals surface area contributed by atoms with Crippen molar-refractivity contribution in [2.24, 2.45) is 11.7 Å². The van der Waals surface area contributed by atoms with Gasteiger partial charge in [-0.15, -0.1) is 0 Å². The quantitative estimate of drug-likeness (QED) is 0.637. The SMILES string of the molecule is CCC(CC)CO[C@@H]1C(C(=O)O)=C[C@H](N)[C@H]1NC(C)=O. The van der Waals surface area contributed by atoms with Gasteiger partial charge >= 0.3 is 5.97 Å². The summed E-state index contributed by atoms with van der Waals surface area (Å²) >= 11 is 0. The molecule has 0 spiro atoms. The molecule has 0 aromatic rings. The van der Waals surface area contributed by atoms with Crippen LogP contribution in [0.4, 0.5) is 0 Å². The molecule has 0 fully saturated rings. The van der Waals surface area contributed by atoms with Crippen LogP contribution in [0.2, 0.25) is 0 Å². The summed E-state index contributed by atoms with van der Waals surface area (Å²) in [7, 11) is 0. The van der Waals surface area contributed by atoms with Gasteiger partial charge in [0.15, 0.2) is 0 Å². The summed E-state index contributed by atoms with van der Waals surface area (Å²) in [6.45, 7) is 5.98. The highest BCUT2D eigenvalue weighted by Gasteiger charge is 2.40. The number of nitrogens with one attached hydrogen (secondary N) is 1. The average Bonchev–Trinajstić information content (AvgIpc) is 2.68. The molecule has 6 heteroatoms. The van der Waals surface area contributed by atoms with Gasteiger partial charge in [-0.1, -0.05) is 32.8 Å². The van der Waals surface area contributed by atoms with Crippen LogP contribution in [0.25, 0.3) is 0 Å². The molecule has 4 N–H and O–H groups in total. The van der Waals surface area contributed by atoms with E-state index in [1.54, 1.807) is 0 Å². The number of amides is 1. The van der Waals surface area contributed by atoms with E-state index < -0.39 is 24.2 Å². The molecule has 0 radical (unpaired) electrons. The molecule has 1 aliphatic rings. The summed E-state index contributed by atoms with van der Waals surface area (Å²) in [5.74, 6) is -0.927. The molecule has 0 aliphatic heterocycles. The van der Waals surface area contributed by atoms with E-state index in [-0.39, 0.29) is 11.5 Å². The molecule has 1 amide bonds. The molecule has 1 aliphatic carbocycles. The number of carbonyl (C=O) groups is 2. The second-order valence-electron chi connectivity index (χ2n) is 5.17. The Hall–Kier alpha value is -1.40. The Kier molecular flexibility index (Phi) is 6.16. The van der Waals surface area contributed by atoms with E-state index >= 15 is 0 Å². The van der Waals surface area contributed by atoms with Crippen molar-refractivity contribution < 1.29 is 19.4 Å². The number of carboxylic acids is 1. The lowest BCUT2D eigenvalue weighted by Crippen LogP contribution is -2.51. The van der Waals surface area contributed by atoms with Crippen molar-refractivity contribution in [3.8, 4) is 0 Å². The number of nitrogens with two attached hydrogens (primary N) is 1. The Morgan fingerprint density at radius 3 is 2.50 bits per heavy atom. The van der Waals surface area contributed by atoms with Gasteiger partial charge in [-0.05, 0) is 5.92 Å². The zero-order valence-electron chi connectivity index (χ0n) is 12.3. The van der Waals surface area contributed by atoms with Crippen LogP contribution in [0.5, 0.6) is 0 Å². The van der Waals surface area contributed by atoms with E-state index in [1.165, 1.54) is 13.0 Å². The van der Waals surface area contributed by atoms with Crippen molar-refractivity contribution in [3.63, 3.8) is 0 Å². The number of carboxylic acid groups (broad SMARTS) is 1. The number of hydrogen-bond acceptors (Lipinski definition) is 4. The van der Waals surface area contributed by atoms with Crippen LogP contribution < -0.4 is 11.1 Å². The first-order valence-electron chi connectivity index (χ1n) is 6.99. The molecule has 0 unspecified atom stereocenters. The topological polar surface area (TPSA) is 102 Å².